The highest BCUT2D eigenvalue weighted by molar-refractivity contribution is 7.98. The van der Waals surface area contributed by atoms with E-state index >= 15 is 0 Å². The first-order chi connectivity index (χ1) is 9.15. The molecule has 0 saturated heterocycles. The number of ether oxygens (including phenoxy) is 2. The lowest BCUT2D eigenvalue weighted by Crippen LogP contribution is -2.42. The van der Waals surface area contributed by atoms with E-state index in [2.05, 4.69) is 12.2 Å². The summed E-state index contributed by atoms with van der Waals surface area (Å²) in [6.07, 6.45) is 4.90. The second-order valence-electron chi connectivity index (χ2n) is 4.07. The zero-order valence-corrected chi connectivity index (χ0v) is 12.9. The first kappa shape index (κ1) is 18.1. The van der Waals surface area contributed by atoms with E-state index in [4.69, 9.17) is 9.47 Å². The van der Waals surface area contributed by atoms with Gasteiger partial charge in [-0.2, -0.15) is 11.8 Å². The van der Waals surface area contributed by atoms with Crippen LogP contribution in [0.5, 0.6) is 0 Å². The van der Waals surface area contributed by atoms with Gasteiger partial charge in [-0.05, 0) is 31.8 Å². The summed E-state index contributed by atoms with van der Waals surface area (Å²) in [6, 6.07) is -0.617. The van der Waals surface area contributed by atoms with Crippen LogP contribution in [-0.4, -0.2) is 43.3 Å². The molecule has 5 nitrogen and oxygen atoms in total. The summed E-state index contributed by atoms with van der Waals surface area (Å²) >= 11 is 1.62. The number of carbonyl (C=O) groups excluding carboxylic acids is 2. The van der Waals surface area contributed by atoms with Crippen molar-refractivity contribution in [3.63, 3.8) is 0 Å². The molecule has 0 aliphatic heterocycles. The Morgan fingerprint density at radius 3 is 2.53 bits per heavy atom. The Kier molecular flexibility index (Phi) is 11.6. The normalized spacial score (nSPS) is 11.7. The van der Waals surface area contributed by atoms with Crippen LogP contribution in [0.15, 0.2) is 0 Å². The van der Waals surface area contributed by atoms with Gasteiger partial charge in [0.1, 0.15) is 6.04 Å². The van der Waals surface area contributed by atoms with Crippen LogP contribution in [0.4, 0.5) is 4.79 Å². The van der Waals surface area contributed by atoms with Gasteiger partial charge in [-0.1, -0.05) is 19.8 Å². The summed E-state index contributed by atoms with van der Waals surface area (Å²) in [5, 5.41) is 2.54. The van der Waals surface area contributed by atoms with Crippen molar-refractivity contribution in [3.05, 3.63) is 0 Å². The molecule has 1 unspecified atom stereocenters. The van der Waals surface area contributed by atoms with Gasteiger partial charge in [-0.3, -0.25) is 0 Å². The molecule has 1 atom stereocenters. The Labute approximate surface area is 119 Å². The third kappa shape index (κ3) is 9.64. The average Bonchev–Trinajstić information content (AvgIpc) is 2.39. The minimum absolute atomic E-state index is 0.284. The van der Waals surface area contributed by atoms with E-state index in [1.807, 2.05) is 6.26 Å². The Balaban J connectivity index is 4.14. The Morgan fingerprint density at radius 1 is 1.21 bits per heavy atom. The lowest BCUT2D eigenvalue weighted by Gasteiger charge is -2.16. The van der Waals surface area contributed by atoms with Gasteiger partial charge in [0.15, 0.2) is 0 Å². The Bertz CT molecular complexity index is 261. The van der Waals surface area contributed by atoms with Crippen molar-refractivity contribution >= 4 is 23.8 Å². The van der Waals surface area contributed by atoms with Gasteiger partial charge in [-0.25, -0.2) is 9.59 Å². The third-order valence-electron chi connectivity index (χ3n) is 2.45. The Hall–Kier alpha value is -0.910. The molecular weight excluding hydrogens is 266 g/mol. The fraction of sp³-hybridized carbons (Fsp3) is 0.846. The predicted molar refractivity (Wildman–Crippen MR) is 77.4 cm³/mol. The summed E-state index contributed by atoms with van der Waals surface area (Å²) in [4.78, 5) is 23.2. The highest BCUT2D eigenvalue weighted by atomic mass is 32.2. The second-order valence-corrected chi connectivity index (χ2v) is 5.06. The molecule has 0 fully saturated rings. The molecule has 112 valence electrons. The summed E-state index contributed by atoms with van der Waals surface area (Å²) in [5.41, 5.74) is 0. The number of thioether (sulfide) groups is 1. The van der Waals surface area contributed by atoms with Gasteiger partial charge >= 0.3 is 12.1 Å². The summed E-state index contributed by atoms with van der Waals surface area (Å²) in [6.45, 7) is 4.50. The number of amides is 1. The van der Waals surface area contributed by atoms with Crippen LogP contribution in [0, 0.1) is 0 Å². The lowest BCUT2D eigenvalue weighted by atomic mass is 10.2. The smallest absolute Gasteiger partial charge is 0.407 e. The topological polar surface area (TPSA) is 64.6 Å². The van der Waals surface area contributed by atoms with Crippen molar-refractivity contribution in [3.8, 4) is 0 Å². The SMILES string of the molecule is CCCCCOC(=O)C(CCSC)NC(=O)OCC. The molecule has 0 spiro atoms. The molecule has 1 amide bonds. The van der Waals surface area contributed by atoms with Crippen LogP contribution >= 0.6 is 11.8 Å². The van der Waals surface area contributed by atoms with Crippen LogP contribution in [0.2, 0.25) is 0 Å². The number of hydrogen-bond donors (Lipinski definition) is 1. The van der Waals surface area contributed by atoms with Gasteiger partial charge in [0.05, 0.1) is 13.2 Å². The van der Waals surface area contributed by atoms with Crippen molar-refractivity contribution in [2.45, 2.75) is 45.6 Å². The number of alkyl carbamates (subject to hydrolysis) is 1. The third-order valence-corrected chi connectivity index (χ3v) is 3.10. The maximum Gasteiger partial charge on any atom is 0.407 e. The van der Waals surface area contributed by atoms with Gasteiger partial charge < -0.3 is 14.8 Å². The maximum atomic E-state index is 11.9. The number of hydrogen-bond acceptors (Lipinski definition) is 5. The minimum Gasteiger partial charge on any atom is -0.464 e. The van der Waals surface area contributed by atoms with E-state index in [1.165, 1.54) is 0 Å². The zero-order chi connectivity index (χ0) is 14.5. The molecule has 0 aromatic heterocycles. The molecule has 0 rings (SSSR count). The van der Waals surface area contributed by atoms with Gasteiger partial charge in [0, 0.05) is 0 Å². The monoisotopic (exact) mass is 291 g/mol. The van der Waals surface area contributed by atoms with Crippen molar-refractivity contribution < 1.29 is 19.1 Å². The van der Waals surface area contributed by atoms with E-state index in [0.29, 0.717) is 13.0 Å². The van der Waals surface area contributed by atoms with E-state index in [-0.39, 0.29) is 12.6 Å². The number of unbranched alkanes of at least 4 members (excludes halogenated alkanes) is 2. The fourth-order valence-corrected chi connectivity index (χ4v) is 1.90. The molecule has 19 heavy (non-hydrogen) atoms. The molecule has 0 aromatic carbocycles. The molecule has 0 aliphatic carbocycles. The average molecular weight is 291 g/mol. The standard InChI is InChI=1S/C13H25NO4S/c1-4-6-7-9-18-12(15)11(8-10-19-3)14-13(16)17-5-2/h11H,4-10H2,1-3H3,(H,14,16). The molecule has 0 heterocycles. The minimum atomic E-state index is -0.617. The summed E-state index contributed by atoms with van der Waals surface area (Å²) < 4.78 is 9.94. The highest BCUT2D eigenvalue weighted by Gasteiger charge is 2.22. The number of esters is 1. The summed E-state index contributed by atoms with van der Waals surface area (Å²) in [7, 11) is 0. The summed E-state index contributed by atoms with van der Waals surface area (Å²) in [5.74, 6) is 0.402. The van der Waals surface area contributed by atoms with Crippen LogP contribution in [0.25, 0.3) is 0 Å². The first-order valence-electron chi connectivity index (χ1n) is 6.74. The van der Waals surface area contributed by atoms with Crippen molar-refractivity contribution in [2.75, 3.05) is 25.2 Å². The predicted octanol–water partition coefficient (Wildman–Crippen LogP) is 2.59. The highest BCUT2D eigenvalue weighted by Crippen LogP contribution is 2.04. The number of carbonyl (C=O) groups is 2. The van der Waals surface area contributed by atoms with Crippen LogP contribution in [0.3, 0.4) is 0 Å². The van der Waals surface area contributed by atoms with Crippen molar-refractivity contribution in [1.29, 1.82) is 0 Å². The maximum absolute atomic E-state index is 11.9. The van der Waals surface area contributed by atoms with Crippen LogP contribution in [0.1, 0.15) is 39.5 Å². The van der Waals surface area contributed by atoms with Gasteiger partial charge in [0.25, 0.3) is 0 Å². The van der Waals surface area contributed by atoms with E-state index < -0.39 is 12.1 Å². The number of rotatable bonds is 10. The van der Waals surface area contributed by atoms with E-state index in [1.54, 1.807) is 18.7 Å². The quantitative estimate of drug-likeness (QED) is 0.495. The molecule has 0 saturated carbocycles. The van der Waals surface area contributed by atoms with Crippen molar-refractivity contribution in [2.24, 2.45) is 0 Å². The van der Waals surface area contributed by atoms with Crippen LogP contribution < -0.4 is 5.32 Å². The number of nitrogens with one attached hydrogen (secondary N) is 1. The second kappa shape index (κ2) is 12.1. The molecule has 0 aromatic rings. The molecule has 6 heteroatoms. The largest absolute Gasteiger partial charge is 0.464 e. The molecular formula is C13H25NO4S. The molecule has 1 N–H and O–H groups in total. The Morgan fingerprint density at radius 2 is 1.95 bits per heavy atom. The molecule has 0 radical (unpaired) electrons. The molecule has 0 aliphatic rings. The lowest BCUT2D eigenvalue weighted by molar-refractivity contribution is -0.146. The first-order valence-corrected chi connectivity index (χ1v) is 8.13. The van der Waals surface area contributed by atoms with Gasteiger partial charge in [0.2, 0.25) is 0 Å². The fourth-order valence-electron chi connectivity index (χ4n) is 1.43. The van der Waals surface area contributed by atoms with Gasteiger partial charge in [-0.15, -0.1) is 0 Å². The van der Waals surface area contributed by atoms with E-state index in [9.17, 15) is 9.59 Å². The zero-order valence-electron chi connectivity index (χ0n) is 12.1. The molecule has 0 bridgehead atoms. The van der Waals surface area contributed by atoms with E-state index in [0.717, 1.165) is 25.0 Å². The van der Waals surface area contributed by atoms with Crippen LogP contribution in [-0.2, 0) is 14.3 Å². The van der Waals surface area contributed by atoms with Crippen molar-refractivity contribution in [1.82, 2.24) is 5.32 Å².